The van der Waals surface area contributed by atoms with Gasteiger partial charge in [0.05, 0.1) is 16.8 Å². The van der Waals surface area contributed by atoms with Crippen molar-refractivity contribution in [2.45, 2.75) is 25.1 Å². The SMILES string of the molecule is CCC(CCl)(CCl)Nc1ccc(C(F)(F)F)cc1F. The molecule has 1 nitrogen and oxygen atoms in total. The lowest BCUT2D eigenvalue weighted by Gasteiger charge is -2.31. The Bertz CT molecular complexity index is 422. The van der Waals surface area contributed by atoms with Gasteiger partial charge in [-0.25, -0.2) is 4.39 Å². The molecule has 0 atom stereocenters. The number of rotatable bonds is 5. The molecule has 0 aliphatic heterocycles. The van der Waals surface area contributed by atoms with E-state index in [0.717, 1.165) is 12.1 Å². The third kappa shape index (κ3) is 3.89. The van der Waals surface area contributed by atoms with Crippen molar-refractivity contribution in [1.29, 1.82) is 0 Å². The summed E-state index contributed by atoms with van der Waals surface area (Å²) in [6.45, 7) is 1.81. The molecule has 0 amide bonds. The highest BCUT2D eigenvalue weighted by atomic mass is 35.5. The van der Waals surface area contributed by atoms with E-state index in [1.165, 1.54) is 0 Å². The average molecular weight is 318 g/mol. The molecule has 0 aliphatic carbocycles. The minimum absolute atomic E-state index is 0.0452. The first-order valence-electron chi connectivity index (χ1n) is 5.55. The normalized spacial score (nSPS) is 12.6. The number of hydrogen-bond donors (Lipinski definition) is 1. The molecule has 0 radical (unpaired) electrons. The number of nitrogens with one attached hydrogen (secondary N) is 1. The van der Waals surface area contributed by atoms with E-state index < -0.39 is 23.1 Å². The third-order valence-electron chi connectivity index (χ3n) is 2.88. The molecule has 0 aromatic heterocycles. The second-order valence-electron chi connectivity index (χ2n) is 4.22. The van der Waals surface area contributed by atoms with Crippen LogP contribution < -0.4 is 5.32 Å². The zero-order chi connectivity index (χ0) is 14.7. The zero-order valence-electron chi connectivity index (χ0n) is 10.1. The number of benzene rings is 1. The molecular weight excluding hydrogens is 305 g/mol. The van der Waals surface area contributed by atoms with E-state index in [0.29, 0.717) is 12.5 Å². The highest BCUT2D eigenvalue weighted by Gasteiger charge is 2.32. The molecule has 1 aromatic rings. The Kier molecular flexibility index (Phi) is 5.33. The van der Waals surface area contributed by atoms with Crippen LogP contribution >= 0.6 is 23.2 Å². The summed E-state index contributed by atoms with van der Waals surface area (Å²) in [6.07, 6.45) is -4.05. The lowest BCUT2D eigenvalue weighted by molar-refractivity contribution is -0.137. The van der Waals surface area contributed by atoms with Crippen molar-refractivity contribution >= 4 is 28.9 Å². The number of halogens is 6. The highest BCUT2D eigenvalue weighted by Crippen LogP contribution is 2.32. The maximum atomic E-state index is 13.7. The van der Waals surface area contributed by atoms with Crippen LogP contribution in [0, 0.1) is 5.82 Å². The fraction of sp³-hybridized carbons (Fsp3) is 0.500. The van der Waals surface area contributed by atoms with E-state index in [9.17, 15) is 17.6 Å². The molecule has 0 aliphatic rings. The Balaban J connectivity index is 3.04. The van der Waals surface area contributed by atoms with Crippen molar-refractivity contribution in [3.63, 3.8) is 0 Å². The predicted octanol–water partition coefficient (Wildman–Crippen LogP) is 4.88. The van der Waals surface area contributed by atoms with Gasteiger partial charge in [-0.2, -0.15) is 13.2 Å². The molecule has 7 heteroatoms. The first-order valence-corrected chi connectivity index (χ1v) is 6.62. The summed E-state index contributed by atoms with van der Waals surface area (Å²) in [4.78, 5) is 0. The maximum absolute atomic E-state index is 13.7. The second-order valence-corrected chi connectivity index (χ2v) is 4.75. The minimum Gasteiger partial charge on any atom is -0.375 e. The monoisotopic (exact) mass is 317 g/mol. The van der Waals surface area contributed by atoms with Crippen LogP contribution in [-0.2, 0) is 6.18 Å². The molecule has 0 saturated heterocycles. The standard InChI is InChI=1S/C12H13Cl2F4N/c1-2-11(6-13,7-14)19-10-4-3-8(5-9(10)15)12(16,17)18/h3-5,19H,2,6-7H2,1H3. The highest BCUT2D eigenvalue weighted by molar-refractivity contribution is 6.22. The predicted molar refractivity (Wildman–Crippen MR) is 69.5 cm³/mol. The Morgan fingerprint density at radius 1 is 1.16 bits per heavy atom. The van der Waals surface area contributed by atoms with Gasteiger partial charge in [-0.15, -0.1) is 23.2 Å². The molecule has 108 valence electrons. The quantitative estimate of drug-likeness (QED) is 0.602. The molecule has 0 unspecified atom stereocenters. The number of anilines is 1. The van der Waals surface area contributed by atoms with E-state index in [4.69, 9.17) is 23.2 Å². The van der Waals surface area contributed by atoms with Gasteiger partial charge < -0.3 is 5.32 Å². The first kappa shape index (κ1) is 16.4. The van der Waals surface area contributed by atoms with Gasteiger partial charge in [0.1, 0.15) is 5.82 Å². The van der Waals surface area contributed by atoms with E-state index in [-0.39, 0.29) is 17.4 Å². The van der Waals surface area contributed by atoms with E-state index in [2.05, 4.69) is 5.32 Å². The maximum Gasteiger partial charge on any atom is 0.416 e. The van der Waals surface area contributed by atoms with Crippen molar-refractivity contribution in [1.82, 2.24) is 0 Å². The topological polar surface area (TPSA) is 12.0 Å². The van der Waals surface area contributed by atoms with Crippen molar-refractivity contribution in [2.24, 2.45) is 0 Å². The fourth-order valence-corrected chi connectivity index (χ4v) is 2.26. The van der Waals surface area contributed by atoms with Crippen LogP contribution in [0.1, 0.15) is 18.9 Å². The van der Waals surface area contributed by atoms with Crippen molar-refractivity contribution in [3.05, 3.63) is 29.6 Å². The van der Waals surface area contributed by atoms with Crippen LogP contribution in [0.25, 0.3) is 0 Å². The van der Waals surface area contributed by atoms with Crippen LogP contribution in [0.5, 0.6) is 0 Å². The first-order chi connectivity index (χ1) is 8.78. The van der Waals surface area contributed by atoms with E-state index in [1.54, 1.807) is 6.92 Å². The smallest absolute Gasteiger partial charge is 0.375 e. The minimum atomic E-state index is -4.57. The van der Waals surface area contributed by atoms with Crippen molar-refractivity contribution in [3.8, 4) is 0 Å². The molecule has 0 heterocycles. The molecular formula is C12H13Cl2F4N. The van der Waals surface area contributed by atoms with Gasteiger partial charge >= 0.3 is 6.18 Å². The molecule has 1 rings (SSSR count). The molecule has 19 heavy (non-hydrogen) atoms. The summed E-state index contributed by atoms with van der Waals surface area (Å²) in [7, 11) is 0. The van der Waals surface area contributed by atoms with Crippen LogP contribution in [0.4, 0.5) is 23.2 Å². The van der Waals surface area contributed by atoms with Gasteiger partial charge in [-0.05, 0) is 24.6 Å². The lowest BCUT2D eigenvalue weighted by atomic mass is 10.0. The van der Waals surface area contributed by atoms with E-state index in [1.807, 2.05) is 0 Å². The Morgan fingerprint density at radius 2 is 1.74 bits per heavy atom. The van der Waals surface area contributed by atoms with Crippen LogP contribution in [0.15, 0.2) is 18.2 Å². The number of hydrogen-bond acceptors (Lipinski definition) is 1. The summed E-state index contributed by atoms with van der Waals surface area (Å²) in [5.41, 5.74) is -1.82. The van der Waals surface area contributed by atoms with Gasteiger partial charge in [0.25, 0.3) is 0 Å². The Labute approximate surface area is 118 Å². The van der Waals surface area contributed by atoms with E-state index >= 15 is 0 Å². The van der Waals surface area contributed by atoms with Gasteiger partial charge in [-0.1, -0.05) is 6.92 Å². The summed E-state index contributed by atoms with van der Waals surface area (Å²) in [5, 5.41) is 2.78. The molecule has 0 fully saturated rings. The average Bonchev–Trinajstić information content (AvgIpc) is 2.37. The largest absolute Gasteiger partial charge is 0.416 e. The van der Waals surface area contributed by atoms with Crippen molar-refractivity contribution < 1.29 is 17.6 Å². The van der Waals surface area contributed by atoms with Crippen LogP contribution in [0.3, 0.4) is 0 Å². The summed E-state index contributed by atoms with van der Waals surface area (Å²) in [5.74, 6) is -0.746. The molecule has 1 aromatic carbocycles. The zero-order valence-corrected chi connectivity index (χ0v) is 11.6. The second kappa shape index (κ2) is 6.18. The summed E-state index contributed by atoms with van der Waals surface area (Å²) in [6, 6.07) is 2.31. The van der Waals surface area contributed by atoms with Crippen molar-refractivity contribution in [2.75, 3.05) is 17.1 Å². The van der Waals surface area contributed by atoms with Gasteiger partial charge in [0.15, 0.2) is 0 Å². The van der Waals surface area contributed by atoms with Gasteiger partial charge in [0, 0.05) is 11.8 Å². The molecule has 1 N–H and O–H groups in total. The summed E-state index contributed by atoms with van der Waals surface area (Å²) < 4.78 is 50.9. The van der Waals surface area contributed by atoms with Crippen LogP contribution in [-0.4, -0.2) is 17.3 Å². The van der Waals surface area contributed by atoms with Gasteiger partial charge in [0.2, 0.25) is 0 Å². The van der Waals surface area contributed by atoms with Gasteiger partial charge in [-0.3, -0.25) is 0 Å². The number of alkyl halides is 5. The molecule has 0 saturated carbocycles. The van der Waals surface area contributed by atoms with Crippen LogP contribution in [0.2, 0.25) is 0 Å². The summed E-state index contributed by atoms with van der Waals surface area (Å²) >= 11 is 11.6. The Morgan fingerprint density at radius 3 is 2.11 bits per heavy atom. The fourth-order valence-electron chi connectivity index (χ4n) is 1.46. The third-order valence-corrected chi connectivity index (χ3v) is 3.91. The molecule has 0 spiro atoms. The molecule has 0 bridgehead atoms. The Hall–Kier alpha value is -0.680. The lowest BCUT2D eigenvalue weighted by Crippen LogP contribution is -2.42.